The second-order valence-corrected chi connectivity index (χ2v) is 5.55. The highest BCUT2D eigenvalue weighted by Gasteiger charge is 2.38. The van der Waals surface area contributed by atoms with E-state index in [1.807, 2.05) is 6.07 Å². The molecule has 2 atom stereocenters. The molecule has 3 rings (SSSR count). The molecule has 2 fully saturated rings. The summed E-state index contributed by atoms with van der Waals surface area (Å²) >= 11 is 0. The van der Waals surface area contributed by atoms with Crippen LogP contribution in [-0.2, 0) is 11.3 Å². The highest BCUT2D eigenvalue weighted by molar-refractivity contribution is 5.70. The van der Waals surface area contributed by atoms with Gasteiger partial charge in [-0.25, -0.2) is 4.79 Å². The third-order valence-electron chi connectivity index (χ3n) is 4.16. The van der Waals surface area contributed by atoms with E-state index in [2.05, 4.69) is 5.32 Å². The highest BCUT2D eigenvalue weighted by atomic mass is 16.6. The lowest BCUT2D eigenvalue weighted by atomic mass is 9.91. The lowest BCUT2D eigenvalue weighted by Gasteiger charge is -2.32. The van der Waals surface area contributed by atoms with Crippen molar-refractivity contribution in [2.24, 2.45) is 5.92 Å². The number of cyclic esters (lactones) is 1. The van der Waals surface area contributed by atoms with E-state index >= 15 is 0 Å². The van der Waals surface area contributed by atoms with E-state index in [4.69, 9.17) is 4.74 Å². The van der Waals surface area contributed by atoms with Gasteiger partial charge in [0.25, 0.3) is 0 Å². The number of nitrogens with one attached hydrogen (secondary N) is 1. The van der Waals surface area contributed by atoms with Gasteiger partial charge >= 0.3 is 6.09 Å². The number of ether oxygens (including phenoxy) is 1. The van der Waals surface area contributed by atoms with Crippen LogP contribution < -0.4 is 5.32 Å². The van der Waals surface area contributed by atoms with Gasteiger partial charge in [0.2, 0.25) is 0 Å². The average Bonchev–Trinajstić information content (AvgIpc) is 2.81. The van der Waals surface area contributed by atoms with E-state index in [1.165, 1.54) is 0 Å². The van der Waals surface area contributed by atoms with Crippen molar-refractivity contribution in [3.8, 4) is 5.75 Å². The Morgan fingerprint density at radius 3 is 3.10 bits per heavy atom. The molecule has 1 aromatic rings. The van der Waals surface area contributed by atoms with E-state index in [0.717, 1.165) is 31.5 Å². The smallest absolute Gasteiger partial charge is 0.410 e. The number of hydrogen-bond acceptors (Lipinski definition) is 4. The van der Waals surface area contributed by atoms with Gasteiger partial charge in [-0.2, -0.15) is 0 Å². The molecule has 2 saturated heterocycles. The Hall–Kier alpha value is -1.75. The van der Waals surface area contributed by atoms with Crippen LogP contribution in [0.15, 0.2) is 24.3 Å². The Morgan fingerprint density at radius 2 is 2.35 bits per heavy atom. The fourth-order valence-corrected chi connectivity index (χ4v) is 3.10. The van der Waals surface area contributed by atoms with Crippen LogP contribution in [0, 0.1) is 5.92 Å². The second-order valence-electron chi connectivity index (χ2n) is 5.55. The van der Waals surface area contributed by atoms with Crippen LogP contribution in [0.5, 0.6) is 5.75 Å². The van der Waals surface area contributed by atoms with E-state index in [0.29, 0.717) is 19.1 Å². The number of carbonyl (C=O) groups is 1. The van der Waals surface area contributed by atoms with E-state index in [-0.39, 0.29) is 17.9 Å². The van der Waals surface area contributed by atoms with Crippen LogP contribution in [0.4, 0.5) is 4.79 Å². The molecule has 0 aromatic heterocycles. The third-order valence-corrected chi connectivity index (χ3v) is 4.16. The van der Waals surface area contributed by atoms with Crippen molar-refractivity contribution in [3.05, 3.63) is 29.8 Å². The Bertz CT molecular complexity index is 486. The predicted octanol–water partition coefficient (Wildman–Crippen LogP) is 1.71. The van der Waals surface area contributed by atoms with Gasteiger partial charge in [-0.1, -0.05) is 12.1 Å². The van der Waals surface area contributed by atoms with E-state index in [9.17, 15) is 9.90 Å². The summed E-state index contributed by atoms with van der Waals surface area (Å²) in [5.41, 5.74) is 0.928. The lowest BCUT2D eigenvalue weighted by molar-refractivity contribution is 0.152. The Kier molecular flexibility index (Phi) is 3.78. The number of nitrogens with zero attached hydrogens (tertiary/aromatic N) is 1. The topological polar surface area (TPSA) is 61.8 Å². The molecule has 1 aromatic carbocycles. The van der Waals surface area contributed by atoms with Gasteiger partial charge in [-0.15, -0.1) is 0 Å². The molecule has 5 heteroatoms. The maximum Gasteiger partial charge on any atom is 0.410 e. The average molecular weight is 276 g/mol. The molecular weight excluding hydrogens is 256 g/mol. The predicted molar refractivity (Wildman–Crippen MR) is 74.4 cm³/mol. The van der Waals surface area contributed by atoms with Crippen LogP contribution in [0.1, 0.15) is 18.4 Å². The monoisotopic (exact) mass is 276 g/mol. The molecule has 2 unspecified atom stereocenters. The Morgan fingerprint density at radius 1 is 1.45 bits per heavy atom. The van der Waals surface area contributed by atoms with Crippen LogP contribution in [0.2, 0.25) is 0 Å². The molecule has 20 heavy (non-hydrogen) atoms. The number of benzene rings is 1. The molecule has 2 heterocycles. The summed E-state index contributed by atoms with van der Waals surface area (Å²) in [6.45, 7) is 2.97. The summed E-state index contributed by atoms with van der Waals surface area (Å²) < 4.78 is 5.23. The van der Waals surface area contributed by atoms with Gasteiger partial charge < -0.3 is 15.2 Å². The number of piperidine rings is 1. The van der Waals surface area contributed by atoms with Crippen molar-refractivity contribution < 1.29 is 14.6 Å². The number of rotatable bonds is 3. The first-order valence-electron chi connectivity index (χ1n) is 7.16. The number of amides is 1. The summed E-state index contributed by atoms with van der Waals surface area (Å²) in [7, 11) is 0. The van der Waals surface area contributed by atoms with Gasteiger partial charge in [0.05, 0.1) is 6.04 Å². The van der Waals surface area contributed by atoms with Crippen LogP contribution in [-0.4, -0.2) is 41.8 Å². The first-order chi connectivity index (χ1) is 9.74. The first kappa shape index (κ1) is 13.2. The Balaban J connectivity index is 1.73. The van der Waals surface area contributed by atoms with Crippen LogP contribution >= 0.6 is 0 Å². The second kappa shape index (κ2) is 5.71. The summed E-state index contributed by atoms with van der Waals surface area (Å²) in [4.78, 5) is 13.7. The zero-order chi connectivity index (χ0) is 13.9. The minimum atomic E-state index is -0.246. The molecule has 2 aliphatic rings. The molecular formula is C15H20N2O3. The van der Waals surface area contributed by atoms with Crippen molar-refractivity contribution in [2.75, 3.05) is 19.7 Å². The van der Waals surface area contributed by atoms with Crippen molar-refractivity contribution in [1.82, 2.24) is 10.2 Å². The summed E-state index contributed by atoms with van der Waals surface area (Å²) in [5, 5.41) is 12.9. The minimum absolute atomic E-state index is 0.137. The summed E-state index contributed by atoms with van der Waals surface area (Å²) in [6, 6.07) is 7.18. The van der Waals surface area contributed by atoms with E-state index in [1.54, 1.807) is 23.1 Å². The van der Waals surface area contributed by atoms with Crippen molar-refractivity contribution in [2.45, 2.75) is 25.4 Å². The standard InChI is InChI=1S/C15H20N2O3/c18-13-5-1-3-11(7-13)9-17-14(10-20-15(17)19)12-4-2-6-16-8-12/h1,3,5,7,12,14,16,18H,2,4,6,8-10H2. The zero-order valence-electron chi connectivity index (χ0n) is 11.4. The molecule has 0 bridgehead atoms. The van der Waals surface area contributed by atoms with Crippen molar-refractivity contribution in [3.63, 3.8) is 0 Å². The summed E-state index contributed by atoms with van der Waals surface area (Å²) in [5.74, 6) is 0.679. The number of carbonyl (C=O) groups excluding carboxylic acids is 1. The molecule has 1 amide bonds. The number of hydrogen-bond donors (Lipinski definition) is 2. The third kappa shape index (κ3) is 2.72. The SMILES string of the molecule is O=C1OCC(C2CCCNC2)N1Cc1cccc(O)c1. The number of phenols is 1. The van der Waals surface area contributed by atoms with E-state index < -0.39 is 0 Å². The maximum atomic E-state index is 11.9. The molecule has 0 spiro atoms. The largest absolute Gasteiger partial charge is 0.508 e. The molecule has 0 radical (unpaired) electrons. The number of phenolic OH excluding ortho intramolecular Hbond substituents is 1. The van der Waals surface area contributed by atoms with Crippen LogP contribution in [0.3, 0.4) is 0 Å². The van der Waals surface area contributed by atoms with Gasteiger partial charge in [0.1, 0.15) is 12.4 Å². The fourth-order valence-electron chi connectivity index (χ4n) is 3.10. The van der Waals surface area contributed by atoms with Crippen LogP contribution in [0.25, 0.3) is 0 Å². The lowest BCUT2D eigenvalue weighted by Crippen LogP contribution is -2.45. The highest BCUT2D eigenvalue weighted by Crippen LogP contribution is 2.27. The van der Waals surface area contributed by atoms with Gasteiger partial charge in [-0.3, -0.25) is 4.90 Å². The quantitative estimate of drug-likeness (QED) is 0.882. The number of aromatic hydroxyl groups is 1. The van der Waals surface area contributed by atoms with Crippen molar-refractivity contribution in [1.29, 1.82) is 0 Å². The Labute approximate surface area is 118 Å². The summed E-state index contributed by atoms with van der Waals surface area (Å²) in [6.07, 6.45) is 2.03. The molecule has 2 aliphatic heterocycles. The van der Waals surface area contributed by atoms with Gasteiger partial charge in [0, 0.05) is 13.1 Å². The fraction of sp³-hybridized carbons (Fsp3) is 0.533. The van der Waals surface area contributed by atoms with Gasteiger partial charge in [-0.05, 0) is 43.0 Å². The molecule has 5 nitrogen and oxygen atoms in total. The first-order valence-corrected chi connectivity index (χ1v) is 7.16. The van der Waals surface area contributed by atoms with Gasteiger partial charge in [0.15, 0.2) is 0 Å². The van der Waals surface area contributed by atoms with Crippen molar-refractivity contribution >= 4 is 6.09 Å². The maximum absolute atomic E-state index is 11.9. The molecule has 0 saturated carbocycles. The molecule has 2 N–H and O–H groups in total. The molecule has 108 valence electrons. The molecule has 0 aliphatic carbocycles. The zero-order valence-corrected chi connectivity index (χ0v) is 11.4. The normalized spacial score (nSPS) is 26.6. The minimum Gasteiger partial charge on any atom is -0.508 e.